The molecule has 0 bridgehead atoms. The van der Waals surface area contributed by atoms with Crippen LogP contribution < -0.4 is 20.9 Å². The van der Waals surface area contributed by atoms with Crippen molar-refractivity contribution < 1.29 is 19.5 Å². The van der Waals surface area contributed by atoms with Gasteiger partial charge in [-0.05, 0) is 25.3 Å². The number of nitrogens with one attached hydrogen (secondary N) is 3. The number of aromatic nitrogens is 3. The number of benzene rings is 1. The van der Waals surface area contributed by atoms with Crippen molar-refractivity contribution in [3.05, 3.63) is 41.7 Å². The van der Waals surface area contributed by atoms with E-state index in [4.69, 9.17) is 9.94 Å². The Morgan fingerprint density at radius 2 is 2.03 bits per heavy atom. The summed E-state index contributed by atoms with van der Waals surface area (Å²) in [5.41, 5.74) is 3.12. The molecule has 1 heterocycles. The van der Waals surface area contributed by atoms with Gasteiger partial charge >= 0.3 is 6.03 Å². The van der Waals surface area contributed by atoms with Gasteiger partial charge in [-0.2, -0.15) is 0 Å². The highest BCUT2D eigenvalue weighted by Crippen LogP contribution is 2.18. The van der Waals surface area contributed by atoms with Gasteiger partial charge in [0.1, 0.15) is 17.5 Å². The number of carbonyl (C=O) groups excluding carboxylic acids is 2. The van der Waals surface area contributed by atoms with Crippen molar-refractivity contribution in [3.63, 3.8) is 0 Å². The molecule has 0 unspecified atom stereocenters. The van der Waals surface area contributed by atoms with Gasteiger partial charge in [0.25, 0.3) is 5.91 Å². The first-order valence-corrected chi connectivity index (χ1v) is 9.51. The van der Waals surface area contributed by atoms with Gasteiger partial charge in [0, 0.05) is 5.56 Å². The van der Waals surface area contributed by atoms with Crippen molar-refractivity contribution in [1.29, 1.82) is 0 Å². The van der Waals surface area contributed by atoms with Crippen LogP contribution in [0.1, 0.15) is 38.4 Å². The summed E-state index contributed by atoms with van der Waals surface area (Å²) in [4.78, 5) is 23.8. The van der Waals surface area contributed by atoms with Crippen LogP contribution in [-0.2, 0) is 17.9 Å². The van der Waals surface area contributed by atoms with Gasteiger partial charge in [0.05, 0.1) is 25.9 Å². The summed E-state index contributed by atoms with van der Waals surface area (Å²) < 4.78 is 7.27. The Kier molecular flexibility index (Phi) is 8.41. The third-order valence-corrected chi connectivity index (χ3v) is 4.06. The van der Waals surface area contributed by atoms with Gasteiger partial charge in [-0.15, -0.1) is 5.10 Å². The Morgan fingerprint density at radius 3 is 2.72 bits per heavy atom. The summed E-state index contributed by atoms with van der Waals surface area (Å²) in [5.74, 6) is 0.299. The number of urea groups is 1. The van der Waals surface area contributed by atoms with Crippen molar-refractivity contribution in [3.8, 4) is 5.75 Å². The van der Waals surface area contributed by atoms with E-state index in [1.807, 2.05) is 45.0 Å². The molecule has 0 aliphatic rings. The van der Waals surface area contributed by atoms with Crippen molar-refractivity contribution in [2.45, 2.75) is 46.3 Å². The molecule has 0 spiro atoms. The van der Waals surface area contributed by atoms with Gasteiger partial charge in [0.15, 0.2) is 0 Å². The minimum absolute atomic E-state index is 0.147. The highest BCUT2D eigenvalue weighted by molar-refractivity contribution is 5.86. The van der Waals surface area contributed by atoms with E-state index in [0.717, 1.165) is 11.3 Å². The van der Waals surface area contributed by atoms with Gasteiger partial charge in [-0.3, -0.25) is 10.0 Å². The number of ether oxygens (including phenoxy) is 1. The third kappa shape index (κ3) is 7.07. The van der Waals surface area contributed by atoms with Gasteiger partial charge in [-0.25, -0.2) is 15.0 Å². The number of hydrogen-bond donors (Lipinski definition) is 4. The molecule has 2 aromatic rings. The summed E-state index contributed by atoms with van der Waals surface area (Å²) in [5, 5.41) is 22.1. The van der Waals surface area contributed by atoms with E-state index in [9.17, 15) is 9.59 Å². The van der Waals surface area contributed by atoms with E-state index in [0.29, 0.717) is 25.3 Å². The standard InChI is InChI=1S/C19H28N6O4/c1-4-29-17-8-6-5-7-14(17)11-25-12-15(22-24-25)10-20-19(27)21-16(9-13(2)3)18(26)23-28/h5-8,12-13,16,28H,4,9-11H2,1-3H3,(H,23,26)(H2,20,21,27)/t16-/m0/s1. The smallest absolute Gasteiger partial charge is 0.315 e. The molecule has 0 radical (unpaired) electrons. The largest absolute Gasteiger partial charge is 0.494 e. The minimum atomic E-state index is -0.828. The van der Waals surface area contributed by atoms with Crippen LogP contribution in [0.25, 0.3) is 0 Å². The van der Waals surface area contributed by atoms with Crippen LogP contribution >= 0.6 is 0 Å². The van der Waals surface area contributed by atoms with E-state index in [-0.39, 0.29) is 12.5 Å². The second kappa shape index (κ2) is 11.0. The second-order valence-electron chi connectivity index (χ2n) is 6.93. The quantitative estimate of drug-likeness (QED) is 0.350. The lowest BCUT2D eigenvalue weighted by Gasteiger charge is -2.18. The Morgan fingerprint density at radius 1 is 1.28 bits per heavy atom. The zero-order valence-corrected chi connectivity index (χ0v) is 16.9. The molecule has 0 saturated carbocycles. The molecule has 0 aliphatic carbocycles. The molecule has 29 heavy (non-hydrogen) atoms. The van der Waals surface area contributed by atoms with Crippen molar-refractivity contribution in [2.24, 2.45) is 5.92 Å². The molecule has 10 heteroatoms. The molecule has 10 nitrogen and oxygen atoms in total. The molecule has 0 saturated heterocycles. The fourth-order valence-corrected chi connectivity index (χ4v) is 2.76. The summed E-state index contributed by atoms with van der Waals surface area (Å²) in [6, 6.07) is 6.34. The highest BCUT2D eigenvalue weighted by Gasteiger charge is 2.21. The lowest BCUT2D eigenvalue weighted by atomic mass is 10.0. The monoisotopic (exact) mass is 404 g/mol. The number of carbonyl (C=O) groups is 2. The Hall–Kier alpha value is -3.14. The van der Waals surface area contributed by atoms with E-state index >= 15 is 0 Å². The van der Waals surface area contributed by atoms with Crippen LogP contribution in [-0.4, -0.2) is 44.8 Å². The first-order chi connectivity index (χ1) is 13.9. The average Bonchev–Trinajstić information content (AvgIpc) is 3.14. The zero-order chi connectivity index (χ0) is 21.2. The molecular weight excluding hydrogens is 376 g/mol. The fourth-order valence-electron chi connectivity index (χ4n) is 2.76. The maximum atomic E-state index is 12.1. The van der Waals surface area contributed by atoms with Gasteiger partial charge in [0.2, 0.25) is 0 Å². The van der Waals surface area contributed by atoms with Crippen molar-refractivity contribution >= 4 is 11.9 Å². The second-order valence-corrected chi connectivity index (χ2v) is 6.93. The highest BCUT2D eigenvalue weighted by atomic mass is 16.5. The maximum Gasteiger partial charge on any atom is 0.315 e. The average molecular weight is 404 g/mol. The normalized spacial score (nSPS) is 11.8. The SMILES string of the molecule is CCOc1ccccc1Cn1cc(CNC(=O)N[C@@H](CC(C)C)C(=O)NO)nn1. The Balaban J connectivity index is 1.90. The summed E-state index contributed by atoms with van der Waals surface area (Å²) in [7, 11) is 0. The number of hydroxylamine groups is 1. The molecule has 1 aromatic heterocycles. The van der Waals surface area contributed by atoms with Crippen LogP contribution in [0.4, 0.5) is 4.79 Å². The predicted octanol–water partition coefficient (Wildman–Crippen LogP) is 1.44. The number of hydrogen-bond acceptors (Lipinski definition) is 6. The molecule has 2 rings (SSSR count). The topological polar surface area (TPSA) is 130 Å². The van der Waals surface area contributed by atoms with E-state index in [2.05, 4.69) is 20.9 Å². The molecule has 1 atom stereocenters. The van der Waals surface area contributed by atoms with Crippen LogP contribution in [0, 0.1) is 5.92 Å². The number of nitrogens with zero attached hydrogens (tertiary/aromatic N) is 3. The molecule has 3 amide bonds. The lowest BCUT2D eigenvalue weighted by molar-refractivity contribution is -0.131. The van der Waals surface area contributed by atoms with E-state index < -0.39 is 18.0 Å². The first-order valence-electron chi connectivity index (χ1n) is 9.51. The van der Waals surface area contributed by atoms with E-state index in [1.54, 1.807) is 16.4 Å². The first kappa shape index (κ1) is 22.2. The minimum Gasteiger partial charge on any atom is -0.494 e. The van der Waals surface area contributed by atoms with Crippen molar-refractivity contribution in [1.82, 2.24) is 31.1 Å². The number of para-hydroxylation sites is 1. The number of rotatable bonds is 10. The Bertz CT molecular complexity index is 808. The third-order valence-electron chi connectivity index (χ3n) is 4.06. The van der Waals surface area contributed by atoms with Crippen LogP contribution in [0.5, 0.6) is 5.75 Å². The van der Waals surface area contributed by atoms with Gasteiger partial charge in [-0.1, -0.05) is 37.3 Å². The maximum absolute atomic E-state index is 12.1. The molecule has 1 aromatic carbocycles. The summed E-state index contributed by atoms with van der Waals surface area (Å²) in [6.45, 7) is 6.97. The number of amides is 3. The lowest BCUT2D eigenvalue weighted by Crippen LogP contribution is -2.49. The molecule has 158 valence electrons. The molecule has 0 fully saturated rings. The summed E-state index contributed by atoms with van der Waals surface area (Å²) >= 11 is 0. The predicted molar refractivity (Wildman–Crippen MR) is 105 cm³/mol. The summed E-state index contributed by atoms with van der Waals surface area (Å²) in [6.07, 6.45) is 2.13. The van der Waals surface area contributed by atoms with Crippen LogP contribution in [0.15, 0.2) is 30.5 Å². The van der Waals surface area contributed by atoms with Crippen molar-refractivity contribution in [2.75, 3.05) is 6.61 Å². The van der Waals surface area contributed by atoms with Crippen LogP contribution in [0.2, 0.25) is 0 Å². The molecule has 4 N–H and O–H groups in total. The van der Waals surface area contributed by atoms with Crippen LogP contribution in [0.3, 0.4) is 0 Å². The Labute approximate surface area is 169 Å². The molecular formula is C19H28N6O4. The fraction of sp³-hybridized carbons (Fsp3) is 0.474. The van der Waals surface area contributed by atoms with Gasteiger partial charge < -0.3 is 15.4 Å². The van der Waals surface area contributed by atoms with E-state index in [1.165, 1.54) is 0 Å². The molecule has 0 aliphatic heterocycles. The zero-order valence-electron chi connectivity index (χ0n) is 16.9.